The summed E-state index contributed by atoms with van der Waals surface area (Å²) in [4.78, 5) is 12.2. The van der Waals surface area contributed by atoms with Gasteiger partial charge in [-0.3, -0.25) is 4.79 Å². The van der Waals surface area contributed by atoms with Crippen LogP contribution >= 0.6 is 0 Å². The van der Waals surface area contributed by atoms with E-state index in [2.05, 4.69) is 5.32 Å². The first-order chi connectivity index (χ1) is 9.56. The Bertz CT molecular complexity index is 482. The van der Waals surface area contributed by atoms with E-state index in [1.54, 1.807) is 18.2 Å². The van der Waals surface area contributed by atoms with E-state index in [4.69, 9.17) is 10.5 Å². The number of para-hydroxylation sites is 1. The molecule has 1 amide bonds. The van der Waals surface area contributed by atoms with Crippen LogP contribution in [0.5, 0.6) is 5.75 Å². The monoisotopic (exact) mass is 278 g/mol. The van der Waals surface area contributed by atoms with Crippen molar-refractivity contribution in [2.24, 2.45) is 0 Å². The van der Waals surface area contributed by atoms with Gasteiger partial charge in [0.05, 0.1) is 23.5 Å². The summed E-state index contributed by atoms with van der Waals surface area (Å²) in [5.41, 5.74) is 5.93. The summed E-state index contributed by atoms with van der Waals surface area (Å²) in [5.74, 6) is 0.145. The standard InChI is InChI=1S/C15H22N2O3/c1-2-20-13-11(6-5-7-12(13)16)14(18)17-10-15(19)8-3-4-9-15/h5-7,19H,2-4,8-10,16H2,1H3,(H,17,18). The first-order valence-electron chi connectivity index (χ1n) is 7.07. The highest BCUT2D eigenvalue weighted by atomic mass is 16.5. The van der Waals surface area contributed by atoms with E-state index in [1.807, 2.05) is 6.92 Å². The predicted octanol–water partition coefficient (Wildman–Crippen LogP) is 1.70. The van der Waals surface area contributed by atoms with Gasteiger partial charge in [0.2, 0.25) is 0 Å². The van der Waals surface area contributed by atoms with Crippen molar-refractivity contribution >= 4 is 11.6 Å². The van der Waals surface area contributed by atoms with Gasteiger partial charge in [-0.1, -0.05) is 18.9 Å². The highest BCUT2D eigenvalue weighted by molar-refractivity contribution is 5.98. The molecule has 0 unspecified atom stereocenters. The van der Waals surface area contributed by atoms with Crippen LogP contribution in [0.1, 0.15) is 43.0 Å². The van der Waals surface area contributed by atoms with Crippen molar-refractivity contribution in [2.75, 3.05) is 18.9 Å². The van der Waals surface area contributed by atoms with Gasteiger partial charge in [0.15, 0.2) is 5.75 Å². The fourth-order valence-corrected chi connectivity index (χ4v) is 2.59. The van der Waals surface area contributed by atoms with Crippen LogP contribution in [0.15, 0.2) is 18.2 Å². The summed E-state index contributed by atoms with van der Waals surface area (Å²) >= 11 is 0. The maximum absolute atomic E-state index is 12.2. The second kappa shape index (κ2) is 6.13. The zero-order chi connectivity index (χ0) is 14.6. The van der Waals surface area contributed by atoms with E-state index in [-0.39, 0.29) is 12.5 Å². The first kappa shape index (κ1) is 14.7. The van der Waals surface area contributed by atoms with E-state index < -0.39 is 5.60 Å². The lowest BCUT2D eigenvalue weighted by Gasteiger charge is -2.22. The third-order valence-corrected chi connectivity index (χ3v) is 3.69. The summed E-state index contributed by atoms with van der Waals surface area (Å²) in [7, 11) is 0. The van der Waals surface area contributed by atoms with E-state index in [9.17, 15) is 9.90 Å². The maximum atomic E-state index is 12.2. The molecule has 0 aromatic heterocycles. The molecule has 20 heavy (non-hydrogen) atoms. The second-order valence-corrected chi connectivity index (χ2v) is 5.27. The minimum Gasteiger partial charge on any atom is -0.491 e. The van der Waals surface area contributed by atoms with Gasteiger partial charge in [-0.15, -0.1) is 0 Å². The van der Waals surface area contributed by atoms with Crippen molar-refractivity contribution in [3.8, 4) is 5.75 Å². The van der Waals surface area contributed by atoms with Crippen LogP contribution in [0.2, 0.25) is 0 Å². The molecule has 0 saturated heterocycles. The molecule has 5 nitrogen and oxygen atoms in total. The van der Waals surface area contributed by atoms with Gasteiger partial charge in [-0.2, -0.15) is 0 Å². The van der Waals surface area contributed by atoms with E-state index in [0.717, 1.165) is 25.7 Å². The molecule has 4 N–H and O–H groups in total. The number of nitrogen functional groups attached to an aromatic ring is 1. The molecule has 110 valence electrons. The molecule has 1 aliphatic rings. The number of hydrogen-bond acceptors (Lipinski definition) is 4. The topological polar surface area (TPSA) is 84.6 Å². The zero-order valence-electron chi connectivity index (χ0n) is 11.8. The van der Waals surface area contributed by atoms with E-state index >= 15 is 0 Å². The number of nitrogens with two attached hydrogens (primary N) is 1. The largest absolute Gasteiger partial charge is 0.491 e. The zero-order valence-corrected chi connectivity index (χ0v) is 11.8. The Balaban J connectivity index is 2.07. The molecular formula is C15H22N2O3. The second-order valence-electron chi connectivity index (χ2n) is 5.27. The highest BCUT2D eigenvalue weighted by Crippen LogP contribution is 2.29. The Labute approximate surface area is 119 Å². The first-order valence-corrected chi connectivity index (χ1v) is 7.07. The summed E-state index contributed by atoms with van der Waals surface area (Å²) in [6, 6.07) is 5.10. The van der Waals surface area contributed by atoms with Gasteiger partial charge >= 0.3 is 0 Å². The normalized spacial score (nSPS) is 16.9. The Hall–Kier alpha value is -1.75. The van der Waals surface area contributed by atoms with Crippen LogP contribution in [0.4, 0.5) is 5.69 Å². The third kappa shape index (κ3) is 3.22. The number of nitrogens with one attached hydrogen (secondary N) is 1. The van der Waals surface area contributed by atoms with Gasteiger partial charge in [0.1, 0.15) is 0 Å². The maximum Gasteiger partial charge on any atom is 0.255 e. The molecule has 0 radical (unpaired) electrons. The lowest BCUT2D eigenvalue weighted by molar-refractivity contribution is 0.0449. The van der Waals surface area contributed by atoms with Gasteiger partial charge in [0, 0.05) is 6.54 Å². The number of benzene rings is 1. The van der Waals surface area contributed by atoms with Crippen molar-refractivity contribution in [2.45, 2.75) is 38.2 Å². The van der Waals surface area contributed by atoms with Crippen molar-refractivity contribution < 1.29 is 14.6 Å². The average Bonchev–Trinajstić information content (AvgIpc) is 2.86. The lowest BCUT2D eigenvalue weighted by Crippen LogP contribution is -2.40. The van der Waals surface area contributed by atoms with Crippen molar-refractivity contribution in [3.05, 3.63) is 23.8 Å². The van der Waals surface area contributed by atoms with Crippen LogP contribution in [-0.2, 0) is 0 Å². The molecule has 2 rings (SSSR count). The van der Waals surface area contributed by atoms with Gasteiger partial charge in [-0.25, -0.2) is 0 Å². The number of amides is 1. The molecule has 1 aromatic carbocycles. The summed E-state index contributed by atoms with van der Waals surface area (Å²) < 4.78 is 5.44. The number of rotatable bonds is 5. The smallest absolute Gasteiger partial charge is 0.255 e. The summed E-state index contributed by atoms with van der Waals surface area (Å²) in [5, 5.41) is 13.0. The molecule has 0 atom stereocenters. The van der Waals surface area contributed by atoms with Gasteiger partial charge < -0.3 is 20.9 Å². The van der Waals surface area contributed by atoms with Gasteiger partial charge in [0.25, 0.3) is 5.91 Å². The van der Waals surface area contributed by atoms with Crippen LogP contribution in [0.25, 0.3) is 0 Å². The molecule has 0 aliphatic heterocycles. The van der Waals surface area contributed by atoms with Gasteiger partial charge in [-0.05, 0) is 31.9 Å². The Kier molecular flexibility index (Phi) is 4.49. The van der Waals surface area contributed by atoms with Crippen molar-refractivity contribution in [1.82, 2.24) is 5.32 Å². The Morgan fingerprint density at radius 3 is 2.80 bits per heavy atom. The highest BCUT2D eigenvalue weighted by Gasteiger charge is 2.31. The number of carbonyl (C=O) groups excluding carboxylic acids is 1. The molecule has 5 heteroatoms. The van der Waals surface area contributed by atoms with Crippen LogP contribution < -0.4 is 15.8 Å². The number of carbonyl (C=O) groups is 1. The minimum absolute atomic E-state index is 0.263. The van der Waals surface area contributed by atoms with Crippen LogP contribution in [-0.4, -0.2) is 29.8 Å². The third-order valence-electron chi connectivity index (χ3n) is 3.69. The molecule has 0 heterocycles. The number of aliphatic hydroxyl groups is 1. The van der Waals surface area contributed by atoms with Crippen molar-refractivity contribution in [3.63, 3.8) is 0 Å². The number of anilines is 1. The van der Waals surface area contributed by atoms with Crippen LogP contribution in [0, 0.1) is 0 Å². The Morgan fingerprint density at radius 1 is 1.45 bits per heavy atom. The number of hydrogen-bond donors (Lipinski definition) is 3. The van der Waals surface area contributed by atoms with Crippen LogP contribution in [0.3, 0.4) is 0 Å². The lowest BCUT2D eigenvalue weighted by atomic mass is 10.0. The summed E-state index contributed by atoms with van der Waals surface area (Å²) in [6.45, 7) is 2.56. The van der Waals surface area contributed by atoms with Crippen molar-refractivity contribution in [1.29, 1.82) is 0 Å². The minimum atomic E-state index is -0.762. The fourth-order valence-electron chi connectivity index (χ4n) is 2.59. The average molecular weight is 278 g/mol. The fraction of sp³-hybridized carbons (Fsp3) is 0.533. The SMILES string of the molecule is CCOc1c(N)cccc1C(=O)NCC1(O)CCCC1. The quantitative estimate of drug-likeness (QED) is 0.716. The molecule has 1 aromatic rings. The Morgan fingerprint density at radius 2 is 2.15 bits per heavy atom. The molecular weight excluding hydrogens is 256 g/mol. The molecule has 1 saturated carbocycles. The molecule has 1 aliphatic carbocycles. The molecule has 0 bridgehead atoms. The van der Waals surface area contributed by atoms with E-state index in [0.29, 0.717) is 23.6 Å². The number of ether oxygens (including phenoxy) is 1. The predicted molar refractivity (Wildman–Crippen MR) is 77.8 cm³/mol. The molecule has 1 fully saturated rings. The molecule has 0 spiro atoms. The summed E-state index contributed by atoms with van der Waals surface area (Å²) in [6.07, 6.45) is 3.49. The van der Waals surface area contributed by atoms with E-state index in [1.165, 1.54) is 0 Å².